The zero-order valence-electron chi connectivity index (χ0n) is 52.3. The van der Waals surface area contributed by atoms with E-state index in [0.29, 0.717) is 63.2 Å². The molecule has 0 amide bonds. The summed E-state index contributed by atoms with van der Waals surface area (Å²) in [5, 5.41) is 141. The number of hydrogen-bond donors (Lipinski definition) is 15. The number of allylic oxidation sites excluding steroid dienone is 4. The van der Waals surface area contributed by atoms with Crippen LogP contribution in [0, 0.1) is 107 Å². The highest BCUT2D eigenvalue weighted by atomic mass is 16.4. The first-order valence-electron chi connectivity index (χ1n) is 31.1. The maximum atomic E-state index is 12.8. The number of aliphatic carboxylic acids is 2. The van der Waals surface area contributed by atoms with Gasteiger partial charge in [-0.15, -0.1) is 0 Å². The van der Waals surface area contributed by atoms with E-state index in [1.807, 2.05) is 13.8 Å². The van der Waals surface area contributed by atoms with Gasteiger partial charge in [0.15, 0.2) is 5.96 Å². The lowest BCUT2D eigenvalue weighted by molar-refractivity contribution is -0.352. The van der Waals surface area contributed by atoms with Crippen LogP contribution in [0.1, 0.15) is 173 Å². The summed E-state index contributed by atoms with van der Waals surface area (Å²) in [5.41, 5.74) is 0.614. The highest BCUT2D eigenvalue weighted by Gasteiger charge is 2.80. The smallest absolute Gasteiger partial charge is 0.310 e. The first-order valence-corrected chi connectivity index (χ1v) is 31.1. The van der Waals surface area contributed by atoms with Crippen molar-refractivity contribution >= 4 is 23.9 Å². The molecule has 19 nitrogen and oxygen atoms in total. The van der Waals surface area contributed by atoms with Crippen molar-refractivity contribution in [3.63, 3.8) is 0 Å². The van der Waals surface area contributed by atoms with Crippen LogP contribution in [0.3, 0.4) is 0 Å². The monoisotopic (exact) mass is 1170 g/mol. The maximum absolute atomic E-state index is 12.8. The standard InChI is InChI=1S/2C30H48O7.C4H11N5/c2*1-16-9-10-29(24(35)36)12-11-25(3)18(22(29)17(16)2)7-8-20-26(25,4)14-21(33)30(37)27(20,5)13-19(32)23(34)28(30,6)15-31;1-9(2)4(7)8-3(5)6/h2*7,16-17,19-23,31-34,37H,8-15H2,1-6H3,(H,35,36);1-2H3,(H5,5,6,7,8)/t2*16-,17+,19-,20?,21-,22+,23+,25-,26-,27-,28-,29+,30+;/m11./s1. The molecule has 0 spiro atoms. The molecule has 10 rings (SSSR count). The Hall–Kier alpha value is -3.24. The fraction of sp³-hybridized carbons (Fsp3) is 0.875. The summed E-state index contributed by atoms with van der Waals surface area (Å²) in [6.07, 6.45) is 4.83. The Kier molecular flexibility index (Phi) is 16.6. The van der Waals surface area contributed by atoms with E-state index in [1.54, 1.807) is 27.9 Å². The number of fused-ring (bicyclic) bond motifs is 14. The van der Waals surface area contributed by atoms with E-state index in [0.717, 1.165) is 12.8 Å². The summed E-state index contributed by atoms with van der Waals surface area (Å²) >= 11 is 0. The molecule has 10 aliphatic carbocycles. The quantitative estimate of drug-likeness (QED) is 0.100. The molecule has 0 bridgehead atoms. The molecule has 0 heterocycles. The number of hydrogen-bond acceptors (Lipinski definition) is 13. The van der Waals surface area contributed by atoms with Crippen molar-refractivity contribution in [2.45, 2.75) is 221 Å². The summed E-state index contributed by atoms with van der Waals surface area (Å²) < 4.78 is 0. The fourth-order valence-corrected chi connectivity index (χ4v) is 22.3. The summed E-state index contributed by atoms with van der Waals surface area (Å²) in [6, 6.07) is 0. The minimum atomic E-state index is -1.80. The van der Waals surface area contributed by atoms with Crippen LogP contribution in [-0.2, 0) is 9.59 Å². The van der Waals surface area contributed by atoms with Crippen LogP contribution >= 0.6 is 0 Å². The molecular weight excluding hydrogens is 1060 g/mol. The van der Waals surface area contributed by atoms with E-state index >= 15 is 0 Å². The molecule has 19 heteroatoms. The second-order valence-corrected chi connectivity index (χ2v) is 31.2. The number of aliphatic hydroxyl groups is 10. The predicted molar refractivity (Wildman–Crippen MR) is 314 cm³/mol. The molecule has 8 fully saturated rings. The van der Waals surface area contributed by atoms with E-state index in [1.165, 1.54) is 16.0 Å². The summed E-state index contributed by atoms with van der Waals surface area (Å²) in [6.45, 7) is 23.6. The Labute approximate surface area is 492 Å². The number of carbonyl (C=O) groups is 2. The molecule has 83 heavy (non-hydrogen) atoms. The van der Waals surface area contributed by atoms with Gasteiger partial charge in [-0.2, -0.15) is 4.99 Å². The van der Waals surface area contributed by atoms with Gasteiger partial charge in [-0.3, -0.25) is 15.0 Å². The third-order valence-electron chi connectivity index (χ3n) is 28.1. The molecule has 0 aromatic rings. The number of aliphatic imine (C=N–C) groups is 1. The van der Waals surface area contributed by atoms with Gasteiger partial charge in [0.1, 0.15) is 11.2 Å². The zero-order valence-corrected chi connectivity index (χ0v) is 52.3. The minimum absolute atomic E-state index is 0.0509. The SMILES string of the molecule is CN(C)C(=N)N=C(N)N.C[C@H]1[C@H](C)CC[C@]2(C(=O)O)CC[C@]3(C)C(=CCC4[C@@]5(C)C[C@@H](O)[C@H](O)[C@@](C)(CO)[C@]5(O)[C@H](O)C[C@]43C)[C@H]12.C[C@H]1[C@H](C)CC[C@]2(C(=O)O)CC[C@]3(C)C(=CCC4[C@@]5(C)C[C@@H](O)[C@H](O)[C@@](C)(CO)[C@]5(O)[C@H](O)C[C@]43C)[C@H]12. The highest BCUT2D eigenvalue weighted by molar-refractivity contribution is 5.91. The van der Waals surface area contributed by atoms with Crippen LogP contribution in [0.4, 0.5) is 0 Å². The first kappa shape index (κ1) is 65.7. The van der Waals surface area contributed by atoms with Crippen molar-refractivity contribution in [2.75, 3.05) is 27.3 Å². The van der Waals surface area contributed by atoms with E-state index in [9.17, 15) is 70.9 Å². The average Bonchev–Trinajstić information content (AvgIpc) is 0.857. The van der Waals surface area contributed by atoms with Gasteiger partial charge in [0.05, 0.1) is 71.5 Å². The Balaban J connectivity index is 0.000000189. The molecule has 26 atom stereocenters. The first-order chi connectivity index (χ1) is 38.1. The zero-order chi connectivity index (χ0) is 62.6. The summed E-state index contributed by atoms with van der Waals surface area (Å²) in [4.78, 5) is 30.6. The van der Waals surface area contributed by atoms with Gasteiger partial charge in [-0.05, 0) is 159 Å². The van der Waals surface area contributed by atoms with Gasteiger partial charge in [0, 0.05) is 24.9 Å². The van der Waals surface area contributed by atoms with Crippen molar-refractivity contribution in [1.82, 2.24) is 4.90 Å². The van der Waals surface area contributed by atoms with Crippen LogP contribution in [0.15, 0.2) is 28.3 Å². The molecule has 17 N–H and O–H groups in total. The second-order valence-electron chi connectivity index (χ2n) is 31.2. The van der Waals surface area contributed by atoms with Crippen LogP contribution in [-0.4, -0.2) is 165 Å². The number of carboxylic acid groups (broad SMARTS) is 2. The van der Waals surface area contributed by atoms with Crippen molar-refractivity contribution in [3.8, 4) is 0 Å². The normalized spacial score (nSPS) is 53.8. The summed E-state index contributed by atoms with van der Waals surface area (Å²) in [7, 11) is 3.38. The van der Waals surface area contributed by atoms with Crippen LogP contribution in [0.25, 0.3) is 0 Å². The number of nitrogens with zero attached hydrogens (tertiary/aromatic N) is 2. The number of carboxylic acids is 2. The molecule has 0 radical (unpaired) electrons. The number of guanidine groups is 2. The van der Waals surface area contributed by atoms with Gasteiger partial charge in [-0.1, -0.05) is 106 Å². The van der Waals surface area contributed by atoms with Crippen molar-refractivity contribution in [1.29, 1.82) is 5.41 Å². The van der Waals surface area contributed by atoms with Gasteiger partial charge >= 0.3 is 11.9 Å². The number of nitrogens with two attached hydrogens (primary N) is 2. The maximum Gasteiger partial charge on any atom is 0.310 e. The van der Waals surface area contributed by atoms with Crippen molar-refractivity contribution < 1.29 is 70.9 Å². The van der Waals surface area contributed by atoms with Crippen LogP contribution in [0.2, 0.25) is 0 Å². The molecule has 0 aromatic heterocycles. The summed E-state index contributed by atoms with van der Waals surface area (Å²) in [5.74, 6) is -0.551. The van der Waals surface area contributed by atoms with Crippen molar-refractivity contribution in [2.24, 2.45) is 118 Å². The Morgan fingerprint density at radius 2 is 0.916 bits per heavy atom. The fourth-order valence-electron chi connectivity index (χ4n) is 22.3. The molecule has 0 aliphatic heterocycles. The highest BCUT2D eigenvalue weighted by Crippen LogP contribution is 2.79. The third kappa shape index (κ3) is 8.28. The Morgan fingerprint density at radius 3 is 1.19 bits per heavy atom. The van der Waals surface area contributed by atoms with Gasteiger partial charge in [0.2, 0.25) is 5.96 Å². The lowest BCUT2D eigenvalue weighted by Crippen LogP contribution is -2.80. The Morgan fingerprint density at radius 1 is 0.578 bits per heavy atom. The molecule has 0 aromatic carbocycles. The van der Waals surface area contributed by atoms with E-state index < -0.39 is 116 Å². The molecule has 2 unspecified atom stereocenters. The topological polar surface area (TPSA) is 368 Å². The lowest BCUT2D eigenvalue weighted by Gasteiger charge is -2.74. The molecule has 0 saturated heterocycles. The van der Waals surface area contributed by atoms with E-state index in [4.69, 9.17) is 16.9 Å². The molecule has 10 aliphatic rings. The van der Waals surface area contributed by atoms with Crippen LogP contribution < -0.4 is 11.5 Å². The number of rotatable bonds is 4. The lowest BCUT2D eigenvalue weighted by atomic mass is 9.31. The number of nitrogens with one attached hydrogen (secondary N) is 1. The number of aliphatic hydroxyl groups excluding tert-OH is 8. The molecule has 472 valence electrons. The minimum Gasteiger partial charge on any atom is -0.481 e. The molecule has 8 saturated carbocycles. The average molecular weight is 1170 g/mol. The van der Waals surface area contributed by atoms with Crippen LogP contribution in [0.5, 0.6) is 0 Å². The van der Waals surface area contributed by atoms with Gasteiger partial charge in [-0.25, -0.2) is 0 Å². The van der Waals surface area contributed by atoms with Crippen molar-refractivity contribution in [3.05, 3.63) is 23.3 Å². The predicted octanol–water partition coefficient (Wildman–Crippen LogP) is 4.99. The van der Waals surface area contributed by atoms with E-state index in [-0.39, 0.29) is 83.9 Å². The second kappa shape index (κ2) is 21.0. The molecular formula is C64H107N5O14. The van der Waals surface area contributed by atoms with Gasteiger partial charge < -0.3 is 77.6 Å². The third-order valence-corrected chi connectivity index (χ3v) is 28.1. The Bertz CT molecular complexity index is 2490. The van der Waals surface area contributed by atoms with Gasteiger partial charge in [0.25, 0.3) is 0 Å². The largest absolute Gasteiger partial charge is 0.481 e. The van der Waals surface area contributed by atoms with E-state index in [2.05, 4.69) is 72.5 Å².